The van der Waals surface area contributed by atoms with Crippen molar-refractivity contribution in [3.05, 3.63) is 33.4 Å². The van der Waals surface area contributed by atoms with Crippen molar-refractivity contribution in [1.29, 1.82) is 5.26 Å². The van der Waals surface area contributed by atoms with Gasteiger partial charge in [-0.05, 0) is 25.0 Å². The van der Waals surface area contributed by atoms with E-state index in [9.17, 15) is 18.5 Å². The first-order chi connectivity index (χ1) is 8.79. The molecule has 1 aromatic carbocycles. The molecule has 0 aliphatic rings. The van der Waals surface area contributed by atoms with E-state index in [-0.39, 0.29) is 23.5 Å². The Morgan fingerprint density at radius 1 is 1.42 bits per heavy atom. The first-order valence-corrected chi connectivity index (χ1v) is 6.90. The molecule has 0 radical (unpaired) electrons. The number of nitrogens with zero attached hydrogens (tertiary/aromatic N) is 2. The van der Waals surface area contributed by atoms with Crippen molar-refractivity contribution in [3.63, 3.8) is 0 Å². The van der Waals surface area contributed by atoms with Gasteiger partial charge in [-0.25, -0.2) is 13.1 Å². The number of nitriles is 1. The molecule has 0 unspecified atom stereocenters. The fourth-order valence-electron chi connectivity index (χ4n) is 1.51. The minimum Gasteiger partial charge on any atom is -0.258 e. The van der Waals surface area contributed by atoms with E-state index >= 15 is 0 Å². The van der Waals surface area contributed by atoms with Gasteiger partial charge in [0.05, 0.1) is 15.9 Å². The number of aryl methyl sites for hydroxylation is 1. The van der Waals surface area contributed by atoms with Gasteiger partial charge in [0.1, 0.15) is 0 Å². The molecule has 0 bridgehead atoms. The zero-order valence-corrected chi connectivity index (χ0v) is 11.3. The second-order valence-corrected chi connectivity index (χ2v) is 5.68. The molecule has 0 atom stereocenters. The molecule has 102 valence electrons. The Kier molecular flexibility index (Phi) is 4.58. The third-order valence-corrected chi connectivity index (χ3v) is 4.22. The van der Waals surface area contributed by atoms with E-state index in [1.165, 1.54) is 6.07 Å². The second kappa shape index (κ2) is 5.77. The monoisotopic (exact) mass is 283 g/mol. The summed E-state index contributed by atoms with van der Waals surface area (Å²) in [5, 5.41) is 19.1. The number of rotatable bonds is 5. The van der Waals surface area contributed by atoms with Gasteiger partial charge in [-0.1, -0.05) is 0 Å². The van der Waals surface area contributed by atoms with Crippen LogP contribution in [0, 0.1) is 35.3 Å². The molecule has 8 heteroatoms. The number of hydrogen-bond donors (Lipinski definition) is 1. The number of hydrogen-bond acceptors (Lipinski definition) is 5. The van der Waals surface area contributed by atoms with Crippen LogP contribution in [0.1, 0.15) is 17.5 Å². The second-order valence-electron chi connectivity index (χ2n) is 3.95. The van der Waals surface area contributed by atoms with E-state index in [0.717, 1.165) is 6.07 Å². The first-order valence-electron chi connectivity index (χ1n) is 5.42. The molecule has 0 saturated heterocycles. The quantitative estimate of drug-likeness (QED) is 0.498. The van der Waals surface area contributed by atoms with Crippen LogP contribution >= 0.6 is 0 Å². The Labute approximate surface area is 111 Å². The van der Waals surface area contributed by atoms with Gasteiger partial charge in [-0.15, -0.1) is 0 Å². The molecule has 0 saturated carbocycles. The van der Waals surface area contributed by atoms with Crippen LogP contribution in [0.5, 0.6) is 0 Å². The Morgan fingerprint density at radius 2 is 2.05 bits per heavy atom. The molecule has 0 aliphatic heterocycles. The molecule has 0 aromatic heterocycles. The van der Waals surface area contributed by atoms with Gasteiger partial charge in [-0.2, -0.15) is 5.26 Å². The van der Waals surface area contributed by atoms with Crippen molar-refractivity contribution in [1.82, 2.24) is 4.72 Å². The predicted octanol–water partition coefficient (Wildman–Crippen LogP) is 1.40. The maximum Gasteiger partial charge on any atom is 0.271 e. The van der Waals surface area contributed by atoms with Crippen LogP contribution in [0.25, 0.3) is 0 Å². The molecule has 1 aromatic rings. The average molecular weight is 283 g/mol. The molecule has 19 heavy (non-hydrogen) atoms. The number of non-ortho nitro benzene ring substituents is 1. The van der Waals surface area contributed by atoms with E-state index in [0.29, 0.717) is 11.1 Å². The topological polar surface area (TPSA) is 113 Å². The standard InChI is InChI=1S/C11H13N3O4S/c1-8-6-10(14(15)16)7-11(9(8)2)19(17,18)13-5-3-4-12/h6-7,13H,3,5H2,1-2H3. The lowest BCUT2D eigenvalue weighted by atomic mass is 10.1. The number of nitrogens with one attached hydrogen (secondary N) is 1. The molecule has 0 heterocycles. The molecule has 0 spiro atoms. The van der Waals surface area contributed by atoms with E-state index in [1.54, 1.807) is 13.8 Å². The average Bonchev–Trinajstić information content (AvgIpc) is 2.32. The Morgan fingerprint density at radius 3 is 2.58 bits per heavy atom. The number of benzene rings is 1. The third kappa shape index (κ3) is 3.49. The van der Waals surface area contributed by atoms with Crippen molar-refractivity contribution in [2.24, 2.45) is 0 Å². The van der Waals surface area contributed by atoms with Crippen molar-refractivity contribution in [2.75, 3.05) is 6.54 Å². The Balaban J connectivity index is 3.26. The Hall–Kier alpha value is -1.98. The minimum atomic E-state index is -3.85. The summed E-state index contributed by atoms with van der Waals surface area (Å²) in [4.78, 5) is 9.99. The van der Waals surface area contributed by atoms with E-state index < -0.39 is 14.9 Å². The fourth-order valence-corrected chi connectivity index (χ4v) is 2.88. The van der Waals surface area contributed by atoms with Crippen molar-refractivity contribution in [2.45, 2.75) is 25.2 Å². The van der Waals surface area contributed by atoms with Crippen LogP contribution in [0.3, 0.4) is 0 Å². The van der Waals surface area contributed by atoms with Crippen LogP contribution < -0.4 is 4.72 Å². The summed E-state index contributed by atoms with van der Waals surface area (Å²) < 4.78 is 26.3. The third-order valence-electron chi connectivity index (χ3n) is 2.63. The lowest BCUT2D eigenvalue weighted by molar-refractivity contribution is -0.385. The van der Waals surface area contributed by atoms with Crippen LogP contribution in [-0.4, -0.2) is 19.9 Å². The lowest BCUT2D eigenvalue weighted by Gasteiger charge is -2.10. The highest BCUT2D eigenvalue weighted by molar-refractivity contribution is 7.89. The van der Waals surface area contributed by atoms with Crippen LogP contribution in [0.15, 0.2) is 17.0 Å². The SMILES string of the molecule is Cc1cc([N+](=O)[O-])cc(S(=O)(=O)NCCC#N)c1C. The van der Waals surface area contributed by atoms with Crippen LogP contribution in [0.4, 0.5) is 5.69 Å². The summed E-state index contributed by atoms with van der Waals surface area (Å²) in [6.45, 7) is 3.16. The highest BCUT2D eigenvalue weighted by Gasteiger charge is 2.21. The highest BCUT2D eigenvalue weighted by atomic mass is 32.2. The normalized spacial score (nSPS) is 11.0. The zero-order chi connectivity index (χ0) is 14.6. The molecule has 7 nitrogen and oxygen atoms in total. The maximum atomic E-state index is 12.0. The highest BCUT2D eigenvalue weighted by Crippen LogP contribution is 2.25. The van der Waals surface area contributed by atoms with Gasteiger partial charge >= 0.3 is 0 Å². The summed E-state index contributed by atoms with van der Waals surface area (Å²) in [5.74, 6) is 0. The van der Waals surface area contributed by atoms with E-state index in [1.807, 2.05) is 6.07 Å². The van der Waals surface area contributed by atoms with Crippen molar-refractivity contribution >= 4 is 15.7 Å². The smallest absolute Gasteiger partial charge is 0.258 e. The van der Waals surface area contributed by atoms with Crippen LogP contribution in [0.2, 0.25) is 0 Å². The van der Waals surface area contributed by atoms with Gasteiger partial charge in [0, 0.05) is 25.1 Å². The Bertz CT molecular complexity index is 647. The van der Waals surface area contributed by atoms with Gasteiger partial charge in [0.15, 0.2) is 0 Å². The number of sulfonamides is 1. The van der Waals surface area contributed by atoms with Gasteiger partial charge < -0.3 is 0 Å². The van der Waals surface area contributed by atoms with E-state index in [4.69, 9.17) is 5.26 Å². The fraction of sp³-hybridized carbons (Fsp3) is 0.364. The minimum absolute atomic E-state index is 0.0278. The first kappa shape index (κ1) is 15.1. The molecule has 1 N–H and O–H groups in total. The lowest BCUT2D eigenvalue weighted by Crippen LogP contribution is -2.25. The maximum absolute atomic E-state index is 12.0. The molecule has 1 rings (SSSR count). The van der Waals surface area contributed by atoms with Gasteiger partial charge in [0.2, 0.25) is 10.0 Å². The summed E-state index contributed by atoms with van der Waals surface area (Å²) in [5.41, 5.74) is 0.702. The summed E-state index contributed by atoms with van der Waals surface area (Å²) in [6.07, 6.45) is 0.0339. The summed E-state index contributed by atoms with van der Waals surface area (Å²) in [6, 6.07) is 4.16. The molecule has 0 amide bonds. The van der Waals surface area contributed by atoms with E-state index in [2.05, 4.69) is 4.72 Å². The predicted molar refractivity (Wildman–Crippen MR) is 68.0 cm³/mol. The van der Waals surface area contributed by atoms with Crippen LogP contribution in [-0.2, 0) is 10.0 Å². The van der Waals surface area contributed by atoms with Crippen molar-refractivity contribution < 1.29 is 13.3 Å². The molecular weight excluding hydrogens is 270 g/mol. The largest absolute Gasteiger partial charge is 0.271 e. The molecule has 0 aliphatic carbocycles. The number of nitro benzene ring substituents is 1. The number of nitro groups is 1. The zero-order valence-electron chi connectivity index (χ0n) is 10.5. The summed E-state index contributed by atoms with van der Waals surface area (Å²) in [7, 11) is -3.85. The van der Waals surface area contributed by atoms with Crippen molar-refractivity contribution in [3.8, 4) is 6.07 Å². The van der Waals surface area contributed by atoms with Gasteiger partial charge in [-0.3, -0.25) is 10.1 Å². The molecular formula is C11H13N3O4S. The van der Waals surface area contributed by atoms with Gasteiger partial charge in [0.25, 0.3) is 5.69 Å². The summed E-state index contributed by atoms with van der Waals surface area (Å²) >= 11 is 0. The molecule has 0 fully saturated rings.